The molecular weight excluding hydrogens is 234 g/mol. The summed E-state index contributed by atoms with van der Waals surface area (Å²) in [5, 5.41) is 10.5. The van der Waals surface area contributed by atoms with E-state index in [1.54, 1.807) is 0 Å². The summed E-state index contributed by atoms with van der Waals surface area (Å²) in [6, 6.07) is 6.86. The molecule has 0 saturated heterocycles. The number of hydrogen-bond acceptors (Lipinski definition) is 2. The summed E-state index contributed by atoms with van der Waals surface area (Å²) in [4.78, 5) is 2.42. The topological polar surface area (TPSA) is 23.5 Å². The zero-order chi connectivity index (χ0) is 14.0. The number of aliphatic hydroxyl groups is 1. The molecule has 1 saturated carbocycles. The van der Waals surface area contributed by atoms with Gasteiger partial charge in [0.15, 0.2) is 0 Å². The van der Waals surface area contributed by atoms with Crippen LogP contribution in [0.3, 0.4) is 0 Å². The molecule has 1 unspecified atom stereocenters. The molecule has 2 heteroatoms. The highest BCUT2D eigenvalue weighted by atomic mass is 16.3. The van der Waals surface area contributed by atoms with Crippen LogP contribution in [0.2, 0.25) is 0 Å². The third-order valence-electron chi connectivity index (χ3n) is 3.96. The monoisotopic (exact) mass is 261 g/mol. The largest absolute Gasteiger partial charge is 0.387 e. The lowest BCUT2D eigenvalue weighted by atomic mass is 10.0. The highest BCUT2D eigenvalue weighted by molar-refractivity contribution is 5.30. The number of aliphatic hydroxyl groups excluding tert-OH is 1. The van der Waals surface area contributed by atoms with Gasteiger partial charge in [-0.1, -0.05) is 29.3 Å². The van der Waals surface area contributed by atoms with Crippen LogP contribution in [-0.4, -0.2) is 29.1 Å². The fourth-order valence-electron chi connectivity index (χ4n) is 2.66. The van der Waals surface area contributed by atoms with Crippen molar-refractivity contribution in [2.75, 3.05) is 13.1 Å². The highest BCUT2D eigenvalue weighted by Gasteiger charge is 2.26. The van der Waals surface area contributed by atoms with Gasteiger partial charge < -0.3 is 5.11 Å². The molecular formula is C17H27NO. The van der Waals surface area contributed by atoms with E-state index in [1.165, 1.54) is 24.0 Å². The number of aryl methyl sites for hydroxylation is 2. The second-order valence-corrected chi connectivity index (χ2v) is 6.43. The zero-order valence-electron chi connectivity index (χ0n) is 12.7. The normalized spacial score (nSPS) is 17.2. The molecule has 1 aliphatic rings. The average Bonchev–Trinajstić information content (AvgIpc) is 3.10. The van der Waals surface area contributed by atoms with Gasteiger partial charge in [-0.15, -0.1) is 0 Å². The minimum Gasteiger partial charge on any atom is -0.387 e. The zero-order valence-corrected chi connectivity index (χ0v) is 12.7. The molecule has 0 radical (unpaired) electrons. The van der Waals surface area contributed by atoms with Crippen LogP contribution < -0.4 is 0 Å². The van der Waals surface area contributed by atoms with E-state index in [2.05, 4.69) is 50.8 Å². The molecule has 0 aromatic heterocycles. The second-order valence-electron chi connectivity index (χ2n) is 6.43. The van der Waals surface area contributed by atoms with Crippen molar-refractivity contribution in [1.82, 2.24) is 4.90 Å². The van der Waals surface area contributed by atoms with Crippen molar-refractivity contribution in [3.8, 4) is 0 Å². The summed E-state index contributed by atoms with van der Waals surface area (Å²) in [7, 11) is 0. The smallest absolute Gasteiger partial charge is 0.0917 e. The third kappa shape index (κ3) is 4.32. The lowest BCUT2D eigenvalue weighted by Crippen LogP contribution is -2.36. The Labute approximate surface area is 117 Å². The van der Waals surface area contributed by atoms with Crippen LogP contribution in [0.1, 0.15) is 49.5 Å². The van der Waals surface area contributed by atoms with Gasteiger partial charge in [-0.05, 0) is 52.0 Å². The van der Waals surface area contributed by atoms with E-state index in [-0.39, 0.29) is 6.10 Å². The first-order valence-corrected chi connectivity index (χ1v) is 7.46. The van der Waals surface area contributed by atoms with E-state index >= 15 is 0 Å². The van der Waals surface area contributed by atoms with Gasteiger partial charge in [-0.25, -0.2) is 0 Å². The van der Waals surface area contributed by atoms with Gasteiger partial charge in [-0.2, -0.15) is 0 Å². The van der Waals surface area contributed by atoms with E-state index in [1.807, 2.05) is 0 Å². The minimum absolute atomic E-state index is 0.375. The number of hydrogen-bond donors (Lipinski definition) is 1. The Bertz CT molecular complexity index is 403. The molecule has 1 aliphatic carbocycles. The maximum absolute atomic E-state index is 10.5. The maximum Gasteiger partial charge on any atom is 0.0917 e. The first-order valence-electron chi connectivity index (χ1n) is 7.46. The van der Waals surface area contributed by atoms with Crippen LogP contribution >= 0.6 is 0 Å². The average molecular weight is 261 g/mol. The van der Waals surface area contributed by atoms with Crippen molar-refractivity contribution >= 4 is 0 Å². The SMILES string of the molecule is Cc1cc(C)cc(C(O)CN(CC2CC2)C(C)C)c1. The van der Waals surface area contributed by atoms with E-state index < -0.39 is 0 Å². The Balaban J connectivity index is 2.02. The van der Waals surface area contributed by atoms with Crippen molar-refractivity contribution in [3.63, 3.8) is 0 Å². The summed E-state index contributed by atoms with van der Waals surface area (Å²) in [6.45, 7) is 10.5. The Kier molecular flexibility index (Phi) is 4.64. The van der Waals surface area contributed by atoms with Crippen LogP contribution in [0.5, 0.6) is 0 Å². The third-order valence-corrected chi connectivity index (χ3v) is 3.96. The van der Waals surface area contributed by atoms with Gasteiger partial charge in [0.1, 0.15) is 0 Å². The molecule has 1 atom stereocenters. The molecule has 1 aromatic carbocycles. The van der Waals surface area contributed by atoms with Gasteiger partial charge in [0.2, 0.25) is 0 Å². The molecule has 19 heavy (non-hydrogen) atoms. The fraction of sp³-hybridized carbons (Fsp3) is 0.647. The first-order chi connectivity index (χ1) is 8.95. The van der Waals surface area contributed by atoms with Crippen LogP contribution in [0, 0.1) is 19.8 Å². The van der Waals surface area contributed by atoms with E-state index in [9.17, 15) is 5.11 Å². The van der Waals surface area contributed by atoms with Crippen LogP contribution in [-0.2, 0) is 0 Å². The van der Waals surface area contributed by atoms with Gasteiger partial charge in [0.25, 0.3) is 0 Å². The van der Waals surface area contributed by atoms with Crippen molar-refractivity contribution in [1.29, 1.82) is 0 Å². The summed E-state index contributed by atoms with van der Waals surface area (Å²) in [6.07, 6.45) is 2.35. The van der Waals surface area contributed by atoms with E-state index in [4.69, 9.17) is 0 Å². The molecule has 0 amide bonds. The standard InChI is InChI=1S/C17H27NO/c1-12(2)18(10-15-5-6-15)11-17(19)16-8-13(3)7-14(4)9-16/h7-9,12,15,17,19H,5-6,10-11H2,1-4H3. The Morgan fingerprint density at radius 1 is 1.16 bits per heavy atom. The number of rotatable bonds is 6. The van der Waals surface area contributed by atoms with Crippen LogP contribution in [0.25, 0.3) is 0 Å². The molecule has 0 heterocycles. The maximum atomic E-state index is 10.5. The Morgan fingerprint density at radius 3 is 2.21 bits per heavy atom. The molecule has 0 spiro atoms. The van der Waals surface area contributed by atoms with Crippen molar-refractivity contribution in [3.05, 3.63) is 34.9 Å². The molecule has 2 rings (SSSR count). The molecule has 1 fully saturated rings. The van der Waals surface area contributed by atoms with Crippen LogP contribution in [0.15, 0.2) is 18.2 Å². The lowest BCUT2D eigenvalue weighted by molar-refractivity contribution is 0.0923. The molecule has 2 nitrogen and oxygen atoms in total. The van der Waals surface area contributed by atoms with E-state index in [0.29, 0.717) is 6.04 Å². The Hall–Kier alpha value is -0.860. The van der Waals surface area contributed by atoms with Gasteiger partial charge in [0, 0.05) is 19.1 Å². The molecule has 0 aliphatic heterocycles. The summed E-state index contributed by atoms with van der Waals surface area (Å²) < 4.78 is 0. The first kappa shape index (κ1) is 14.5. The second kappa shape index (κ2) is 6.06. The van der Waals surface area contributed by atoms with Gasteiger partial charge in [-0.3, -0.25) is 4.90 Å². The predicted molar refractivity (Wildman–Crippen MR) is 80.3 cm³/mol. The molecule has 1 N–H and O–H groups in total. The highest BCUT2D eigenvalue weighted by Crippen LogP contribution is 2.31. The van der Waals surface area contributed by atoms with Crippen molar-refractivity contribution < 1.29 is 5.11 Å². The minimum atomic E-state index is -0.375. The predicted octanol–water partition coefficient (Wildman–Crippen LogP) is 3.46. The van der Waals surface area contributed by atoms with E-state index in [0.717, 1.165) is 24.6 Å². The lowest BCUT2D eigenvalue weighted by Gasteiger charge is -2.29. The van der Waals surface area contributed by atoms with Crippen LogP contribution in [0.4, 0.5) is 0 Å². The van der Waals surface area contributed by atoms with Crippen molar-refractivity contribution in [2.45, 2.75) is 52.7 Å². The van der Waals surface area contributed by atoms with Gasteiger partial charge in [0.05, 0.1) is 6.10 Å². The van der Waals surface area contributed by atoms with Crippen molar-refractivity contribution in [2.24, 2.45) is 5.92 Å². The number of benzene rings is 1. The molecule has 0 bridgehead atoms. The fourth-order valence-corrected chi connectivity index (χ4v) is 2.66. The molecule has 106 valence electrons. The summed E-state index contributed by atoms with van der Waals surface area (Å²) in [5.74, 6) is 0.869. The quantitative estimate of drug-likeness (QED) is 0.847. The number of nitrogens with zero attached hydrogens (tertiary/aromatic N) is 1. The summed E-state index contributed by atoms with van der Waals surface area (Å²) >= 11 is 0. The summed E-state index contributed by atoms with van der Waals surface area (Å²) in [5.41, 5.74) is 3.51. The molecule has 1 aromatic rings. The Morgan fingerprint density at radius 2 is 1.74 bits per heavy atom. The van der Waals surface area contributed by atoms with Gasteiger partial charge >= 0.3 is 0 Å².